The van der Waals surface area contributed by atoms with Gasteiger partial charge in [-0.1, -0.05) is 30.3 Å². The zero-order chi connectivity index (χ0) is 24.7. The van der Waals surface area contributed by atoms with Gasteiger partial charge in [-0.25, -0.2) is 23.3 Å². The first-order valence-electron chi connectivity index (χ1n) is 11.0. The number of nitrogens with zero attached hydrogens (tertiary/aromatic N) is 4. The minimum atomic E-state index is -0.520. The van der Waals surface area contributed by atoms with Gasteiger partial charge in [0.2, 0.25) is 11.6 Å². The van der Waals surface area contributed by atoms with Gasteiger partial charge in [0.25, 0.3) is 5.88 Å². The molecule has 0 saturated heterocycles. The molecule has 5 aromatic rings. The van der Waals surface area contributed by atoms with Crippen LogP contribution in [0.5, 0.6) is 11.6 Å². The zero-order valence-electron chi connectivity index (χ0n) is 19.4. The number of aromatic nitrogens is 4. The molecule has 0 saturated carbocycles. The van der Waals surface area contributed by atoms with Gasteiger partial charge in [-0.15, -0.1) is 5.10 Å². The molecule has 0 spiro atoms. The Kier molecular flexibility index (Phi) is 5.52. The lowest BCUT2D eigenvalue weighted by Gasteiger charge is -2.11. The fraction of sp³-hybridized carbons (Fsp3) is 0.154. The van der Waals surface area contributed by atoms with Crippen LogP contribution in [0.4, 0.5) is 10.1 Å². The van der Waals surface area contributed by atoms with Crippen molar-refractivity contribution in [2.45, 2.75) is 27.3 Å². The molecule has 9 heteroatoms. The van der Waals surface area contributed by atoms with Crippen LogP contribution < -0.4 is 15.7 Å². The van der Waals surface area contributed by atoms with E-state index in [2.05, 4.69) is 15.4 Å². The lowest BCUT2D eigenvalue weighted by atomic mass is 10.1. The number of fused-ring (bicyclic) bond motifs is 3. The highest BCUT2D eigenvalue weighted by Crippen LogP contribution is 2.29. The van der Waals surface area contributed by atoms with Crippen LogP contribution in [0.25, 0.3) is 16.7 Å². The molecule has 0 aliphatic rings. The summed E-state index contributed by atoms with van der Waals surface area (Å²) in [7, 11) is 0. The van der Waals surface area contributed by atoms with E-state index in [0.29, 0.717) is 28.0 Å². The third-order valence-electron chi connectivity index (χ3n) is 5.89. The Hall–Kier alpha value is -4.53. The molecule has 0 unspecified atom stereocenters. The molecular weight excluding hydrogens is 449 g/mol. The van der Waals surface area contributed by atoms with Gasteiger partial charge in [0.15, 0.2) is 0 Å². The fourth-order valence-corrected chi connectivity index (χ4v) is 3.79. The maximum Gasteiger partial charge on any atom is 0.351 e. The van der Waals surface area contributed by atoms with Gasteiger partial charge in [0, 0.05) is 5.69 Å². The number of para-hydroxylation sites is 2. The van der Waals surface area contributed by atoms with Crippen molar-refractivity contribution < 1.29 is 13.9 Å². The van der Waals surface area contributed by atoms with Crippen molar-refractivity contribution in [3.8, 4) is 11.6 Å². The second-order valence-electron chi connectivity index (χ2n) is 8.32. The van der Waals surface area contributed by atoms with Crippen LogP contribution in [0.2, 0.25) is 0 Å². The number of hydrogen-bond acceptors (Lipinski definition) is 5. The summed E-state index contributed by atoms with van der Waals surface area (Å²) in [5, 5.41) is 6.97. The molecule has 5 rings (SSSR count). The number of anilines is 1. The number of benzene rings is 3. The van der Waals surface area contributed by atoms with Crippen LogP contribution in [0, 0.1) is 26.6 Å². The second-order valence-corrected chi connectivity index (χ2v) is 8.32. The monoisotopic (exact) mass is 471 g/mol. The predicted octanol–water partition coefficient (Wildman–Crippen LogP) is 4.54. The van der Waals surface area contributed by atoms with E-state index in [1.54, 1.807) is 37.3 Å². The SMILES string of the molecule is Cc1ccc(NC(=O)Cn2nc3c(Oc4cccc(C)c4C)nc4ccccc4n3c2=O)cc1F. The molecule has 1 amide bonds. The number of ether oxygens (including phenoxy) is 1. The van der Waals surface area contributed by atoms with Gasteiger partial charge >= 0.3 is 5.69 Å². The summed E-state index contributed by atoms with van der Waals surface area (Å²) in [5.41, 5.74) is 3.49. The Morgan fingerprint density at radius 2 is 1.83 bits per heavy atom. The molecule has 3 aromatic carbocycles. The summed E-state index contributed by atoms with van der Waals surface area (Å²) in [6, 6.07) is 17.2. The maximum atomic E-state index is 13.8. The number of halogens is 1. The molecule has 176 valence electrons. The first kappa shape index (κ1) is 22.3. The van der Waals surface area contributed by atoms with E-state index < -0.39 is 17.4 Å². The predicted molar refractivity (Wildman–Crippen MR) is 131 cm³/mol. The number of aryl methyl sites for hydroxylation is 2. The normalized spacial score (nSPS) is 11.2. The Morgan fingerprint density at radius 3 is 2.63 bits per heavy atom. The van der Waals surface area contributed by atoms with Crippen LogP contribution in [0.15, 0.2) is 65.5 Å². The Labute approximate surface area is 199 Å². The van der Waals surface area contributed by atoms with E-state index in [-0.39, 0.29) is 18.1 Å². The third kappa shape index (κ3) is 4.12. The van der Waals surface area contributed by atoms with Crippen molar-refractivity contribution in [3.05, 3.63) is 93.7 Å². The number of carbonyl (C=O) groups excluding carboxylic acids is 1. The van der Waals surface area contributed by atoms with Crippen molar-refractivity contribution >= 4 is 28.3 Å². The molecule has 0 radical (unpaired) electrons. The maximum absolute atomic E-state index is 13.8. The van der Waals surface area contributed by atoms with Gasteiger partial charge in [-0.3, -0.25) is 4.79 Å². The van der Waals surface area contributed by atoms with Crippen molar-refractivity contribution in [3.63, 3.8) is 0 Å². The molecule has 1 N–H and O–H groups in total. The lowest BCUT2D eigenvalue weighted by molar-refractivity contribution is -0.117. The van der Waals surface area contributed by atoms with Gasteiger partial charge < -0.3 is 10.1 Å². The highest BCUT2D eigenvalue weighted by Gasteiger charge is 2.20. The van der Waals surface area contributed by atoms with Gasteiger partial charge in [-0.2, -0.15) is 0 Å². The Balaban J connectivity index is 1.56. The van der Waals surface area contributed by atoms with Crippen molar-refractivity contribution in [2.75, 3.05) is 5.32 Å². The van der Waals surface area contributed by atoms with E-state index >= 15 is 0 Å². The number of rotatable bonds is 5. The summed E-state index contributed by atoms with van der Waals surface area (Å²) in [6.45, 7) is 5.18. The number of amides is 1. The smallest absolute Gasteiger partial charge is 0.351 e. The van der Waals surface area contributed by atoms with Gasteiger partial charge in [0.1, 0.15) is 18.1 Å². The highest BCUT2D eigenvalue weighted by molar-refractivity contribution is 5.90. The topological polar surface area (TPSA) is 90.5 Å². The molecule has 0 atom stereocenters. The average Bonchev–Trinajstić information content (AvgIpc) is 3.15. The van der Waals surface area contributed by atoms with E-state index in [4.69, 9.17) is 4.74 Å². The Bertz CT molecular complexity index is 1670. The largest absolute Gasteiger partial charge is 0.436 e. The van der Waals surface area contributed by atoms with Crippen LogP contribution >= 0.6 is 0 Å². The van der Waals surface area contributed by atoms with Gasteiger partial charge in [0.05, 0.1) is 11.0 Å². The summed E-state index contributed by atoms with van der Waals surface area (Å²) in [5.74, 6) is -0.212. The molecule has 2 aromatic heterocycles. The average molecular weight is 471 g/mol. The highest BCUT2D eigenvalue weighted by atomic mass is 19.1. The zero-order valence-corrected chi connectivity index (χ0v) is 19.4. The number of hydrogen-bond donors (Lipinski definition) is 1. The quantitative estimate of drug-likeness (QED) is 0.407. The van der Waals surface area contributed by atoms with Crippen molar-refractivity contribution in [1.82, 2.24) is 19.2 Å². The molecule has 35 heavy (non-hydrogen) atoms. The third-order valence-corrected chi connectivity index (χ3v) is 5.89. The van der Waals surface area contributed by atoms with E-state index in [9.17, 15) is 14.0 Å². The minimum Gasteiger partial charge on any atom is -0.436 e. The standard InChI is InChI=1S/C26H22FN5O3/c1-15-7-6-10-22(17(15)3)35-25-24-30-31(14-23(33)28-18-12-11-16(2)19(27)13-18)26(34)32(24)21-9-5-4-8-20(21)29-25/h4-13H,14H2,1-3H3,(H,28,33). The molecule has 2 heterocycles. The van der Waals surface area contributed by atoms with Crippen LogP contribution in [-0.4, -0.2) is 25.1 Å². The van der Waals surface area contributed by atoms with E-state index in [1.165, 1.54) is 10.5 Å². The van der Waals surface area contributed by atoms with E-state index in [0.717, 1.165) is 15.8 Å². The summed E-state index contributed by atoms with van der Waals surface area (Å²) >= 11 is 0. The summed E-state index contributed by atoms with van der Waals surface area (Å²) < 4.78 is 22.4. The molecule has 0 bridgehead atoms. The van der Waals surface area contributed by atoms with Crippen LogP contribution in [0.3, 0.4) is 0 Å². The number of carbonyl (C=O) groups is 1. The van der Waals surface area contributed by atoms with Crippen LogP contribution in [-0.2, 0) is 11.3 Å². The molecular formula is C26H22FN5O3. The molecule has 0 fully saturated rings. The van der Waals surface area contributed by atoms with Crippen molar-refractivity contribution in [1.29, 1.82) is 0 Å². The van der Waals surface area contributed by atoms with Gasteiger partial charge in [-0.05, 0) is 67.8 Å². The second kappa shape index (κ2) is 8.68. The number of nitrogens with one attached hydrogen (secondary N) is 1. The Morgan fingerprint density at radius 1 is 1.03 bits per heavy atom. The first-order valence-corrected chi connectivity index (χ1v) is 11.0. The van der Waals surface area contributed by atoms with E-state index in [1.807, 2.05) is 38.1 Å². The summed E-state index contributed by atoms with van der Waals surface area (Å²) in [4.78, 5) is 30.5. The molecule has 0 aliphatic carbocycles. The summed E-state index contributed by atoms with van der Waals surface area (Å²) in [6.07, 6.45) is 0. The molecule has 8 nitrogen and oxygen atoms in total. The first-order chi connectivity index (χ1) is 16.8. The molecule has 0 aliphatic heterocycles. The minimum absolute atomic E-state index is 0.147. The van der Waals surface area contributed by atoms with Crippen molar-refractivity contribution in [2.24, 2.45) is 0 Å². The van der Waals surface area contributed by atoms with Crippen LogP contribution in [0.1, 0.15) is 16.7 Å². The lowest BCUT2D eigenvalue weighted by Crippen LogP contribution is -2.28. The fourth-order valence-electron chi connectivity index (χ4n) is 3.79.